The molecule has 0 atom stereocenters. The first-order valence-corrected chi connectivity index (χ1v) is 11.9. The highest BCUT2D eigenvalue weighted by molar-refractivity contribution is 7.22. The van der Waals surface area contributed by atoms with Crippen molar-refractivity contribution >= 4 is 32.6 Å². The normalized spacial score (nSPS) is 10.9. The minimum absolute atomic E-state index is 0.0939. The van der Waals surface area contributed by atoms with E-state index in [9.17, 15) is 4.79 Å². The molecule has 1 aromatic heterocycles. The second-order valence-electron chi connectivity index (χ2n) is 8.24. The Morgan fingerprint density at radius 3 is 2.21 bits per heavy atom. The zero-order valence-corrected chi connectivity index (χ0v) is 19.9. The number of thiazole rings is 1. The summed E-state index contributed by atoms with van der Waals surface area (Å²) in [6.45, 7) is 4.60. The molecule has 0 aliphatic heterocycles. The fourth-order valence-corrected chi connectivity index (χ4v) is 4.93. The van der Waals surface area contributed by atoms with Gasteiger partial charge in [0.15, 0.2) is 5.13 Å². The summed E-state index contributed by atoms with van der Waals surface area (Å²) in [5, 5.41) is 0.696. The number of nitrogens with zero attached hydrogens (tertiary/aromatic N) is 2. The van der Waals surface area contributed by atoms with Gasteiger partial charge in [0, 0.05) is 5.56 Å². The maximum atomic E-state index is 13.7. The molecule has 0 spiro atoms. The average molecular weight is 465 g/mol. The molecule has 0 saturated carbocycles. The van der Waals surface area contributed by atoms with Crippen molar-refractivity contribution in [3.8, 4) is 11.5 Å². The number of aromatic nitrogens is 1. The van der Waals surface area contributed by atoms with Crippen LogP contribution in [0.4, 0.5) is 5.13 Å². The molecule has 5 aromatic rings. The molecule has 1 amide bonds. The highest BCUT2D eigenvalue weighted by Crippen LogP contribution is 2.34. The van der Waals surface area contributed by atoms with Crippen molar-refractivity contribution in [3.63, 3.8) is 0 Å². The molecule has 0 aliphatic rings. The number of rotatable bonds is 6. The third-order valence-electron chi connectivity index (χ3n) is 5.55. The molecule has 4 aromatic carbocycles. The standard InChI is InChI=1S/C29H24N2O2S/c1-20-17-21(2)27-26(18-20)30-29(34-27)31(19-22-9-5-3-6-10-22)28(32)23-13-15-25(16-14-23)33-24-11-7-4-8-12-24/h3-18H,19H2,1-2H3. The van der Waals surface area contributed by atoms with Crippen molar-refractivity contribution in [2.24, 2.45) is 0 Å². The number of carbonyl (C=O) groups is 1. The number of para-hydroxylation sites is 1. The minimum Gasteiger partial charge on any atom is -0.457 e. The van der Waals surface area contributed by atoms with Crippen LogP contribution in [0.1, 0.15) is 27.0 Å². The fourth-order valence-electron chi connectivity index (χ4n) is 3.92. The molecule has 5 rings (SSSR count). The van der Waals surface area contributed by atoms with Crippen molar-refractivity contribution < 1.29 is 9.53 Å². The Labute approximate surface area is 203 Å². The van der Waals surface area contributed by atoms with Crippen LogP contribution in [0.15, 0.2) is 97.1 Å². The topological polar surface area (TPSA) is 42.4 Å². The predicted molar refractivity (Wildman–Crippen MR) is 139 cm³/mol. The largest absolute Gasteiger partial charge is 0.457 e. The first-order valence-electron chi connectivity index (χ1n) is 11.1. The van der Waals surface area contributed by atoms with Crippen LogP contribution in [0.2, 0.25) is 0 Å². The van der Waals surface area contributed by atoms with Crippen LogP contribution >= 0.6 is 11.3 Å². The number of benzene rings is 4. The van der Waals surface area contributed by atoms with Gasteiger partial charge in [0.2, 0.25) is 0 Å². The number of fused-ring (bicyclic) bond motifs is 1. The number of anilines is 1. The van der Waals surface area contributed by atoms with E-state index in [0.29, 0.717) is 23.0 Å². The molecule has 1 heterocycles. The number of amides is 1. The van der Waals surface area contributed by atoms with Crippen LogP contribution in [0.3, 0.4) is 0 Å². The maximum absolute atomic E-state index is 13.7. The van der Waals surface area contributed by atoms with E-state index in [0.717, 1.165) is 27.1 Å². The third-order valence-corrected chi connectivity index (χ3v) is 6.78. The lowest BCUT2D eigenvalue weighted by atomic mass is 10.1. The Hall–Kier alpha value is -3.96. The molecule has 34 heavy (non-hydrogen) atoms. The van der Waals surface area contributed by atoms with Crippen LogP contribution in [-0.2, 0) is 6.54 Å². The quantitative estimate of drug-likeness (QED) is 0.260. The van der Waals surface area contributed by atoms with Crippen molar-refractivity contribution in [3.05, 3.63) is 119 Å². The number of hydrogen-bond donors (Lipinski definition) is 0. The zero-order chi connectivity index (χ0) is 23.5. The smallest absolute Gasteiger partial charge is 0.260 e. The monoisotopic (exact) mass is 464 g/mol. The van der Waals surface area contributed by atoms with E-state index in [1.165, 1.54) is 5.56 Å². The summed E-state index contributed by atoms with van der Waals surface area (Å²) in [4.78, 5) is 20.3. The van der Waals surface area contributed by atoms with Crippen LogP contribution in [0.5, 0.6) is 11.5 Å². The van der Waals surface area contributed by atoms with Crippen LogP contribution in [0.25, 0.3) is 10.2 Å². The van der Waals surface area contributed by atoms with Gasteiger partial charge < -0.3 is 4.74 Å². The lowest BCUT2D eigenvalue weighted by Gasteiger charge is -2.20. The van der Waals surface area contributed by atoms with Gasteiger partial charge in [-0.1, -0.05) is 65.9 Å². The SMILES string of the molecule is Cc1cc(C)c2sc(N(Cc3ccccc3)C(=O)c3ccc(Oc4ccccc4)cc3)nc2c1. The summed E-state index contributed by atoms with van der Waals surface area (Å²) in [7, 11) is 0. The van der Waals surface area contributed by atoms with E-state index < -0.39 is 0 Å². The van der Waals surface area contributed by atoms with Gasteiger partial charge in [-0.15, -0.1) is 0 Å². The molecule has 0 saturated heterocycles. The van der Waals surface area contributed by atoms with E-state index in [4.69, 9.17) is 9.72 Å². The Morgan fingerprint density at radius 1 is 0.853 bits per heavy atom. The summed E-state index contributed by atoms with van der Waals surface area (Å²) >= 11 is 1.56. The second kappa shape index (κ2) is 9.49. The number of carbonyl (C=O) groups excluding carboxylic acids is 1. The maximum Gasteiger partial charge on any atom is 0.260 e. The summed E-state index contributed by atoms with van der Waals surface area (Å²) < 4.78 is 6.99. The Balaban J connectivity index is 1.47. The van der Waals surface area contributed by atoms with Crippen molar-refractivity contribution in [2.75, 3.05) is 4.90 Å². The summed E-state index contributed by atoms with van der Waals surface area (Å²) in [5.41, 5.74) is 4.90. The third kappa shape index (κ3) is 4.70. The van der Waals surface area contributed by atoms with Crippen molar-refractivity contribution in [2.45, 2.75) is 20.4 Å². The summed E-state index contributed by atoms with van der Waals surface area (Å²) in [6.07, 6.45) is 0. The molecule has 4 nitrogen and oxygen atoms in total. The fraction of sp³-hybridized carbons (Fsp3) is 0.103. The Morgan fingerprint density at radius 2 is 1.50 bits per heavy atom. The van der Waals surface area contributed by atoms with Crippen LogP contribution in [-0.4, -0.2) is 10.9 Å². The molecule has 0 fully saturated rings. The molecule has 168 valence electrons. The lowest BCUT2D eigenvalue weighted by Crippen LogP contribution is -2.30. The molecular weight excluding hydrogens is 440 g/mol. The zero-order valence-electron chi connectivity index (χ0n) is 19.1. The lowest BCUT2D eigenvalue weighted by molar-refractivity contribution is 0.0985. The van der Waals surface area contributed by atoms with Gasteiger partial charge in [-0.05, 0) is 73.0 Å². The number of aryl methyl sites for hydroxylation is 2. The van der Waals surface area contributed by atoms with E-state index in [-0.39, 0.29) is 5.91 Å². The van der Waals surface area contributed by atoms with Gasteiger partial charge in [0.05, 0.1) is 16.8 Å². The first-order chi connectivity index (χ1) is 16.6. The Kier molecular flexibility index (Phi) is 6.11. The molecule has 0 unspecified atom stereocenters. The van der Waals surface area contributed by atoms with Crippen molar-refractivity contribution in [1.29, 1.82) is 0 Å². The first kappa shape index (κ1) is 21.9. The molecule has 0 N–H and O–H groups in total. The average Bonchev–Trinajstić information content (AvgIpc) is 3.28. The minimum atomic E-state index is -0.0939. The Bertz CT molecular complexity index is 1430. The van der Waals surface area contributed by atoms with Gasteiger partial charge in [0.25, 0.3) is 5.91 Å². The van der Waals surface area contributed by atoms with Gasteiger partial charge in [-0.25, -0.2) is 4.98 Å². The van der Waals surface area contributed by atoms with E-state index in [2.05, 4.69) is 26.0 Å². The predicted octanol–water partition coefficient (Wildman–Crippen LogP) is 7.55. The molecule has 0 radical (unpaired) electrons. The molecule has 5 heteroatoms. The van der Waals surface area contributed by atoms with Crippen LogP contribution < -0.4 is 9.64 Å². The van der Waals surface area contributed by atoms with E-state index in [1.807, 2.05) is 72.8 Å². The molecule has 0 aliphatic carbocycles. The van der Waals surface area contributed by atoms with Gasteiger partial charge in [0.1, 0.15) is 11.5 Å². The molecule has 0 bridgehead atoms. The summed E-state index contributed by atoms with van der Waals surface area (Å²) in [5.74, 6) is 1.35. The second-order valence-corrected chi connectivity index (χ2v) is 9.22. The van der Waals surface area contributed by atoms with Gasteiger partial charge in [-0.2, -0.15) is 0 Å². The highest BCUT2D eigenvalue weighted by Gasteiger charge is 2.22. The highest BCUT2D eigenvalue weighted by atomic mass is 32.1. The number of ether oxygens (including phenoxy) is 1. The summed E-state index contributed by atoms with van der Waals surface area (Å²) in [6, 6.07) is 31.1. The van der Waals surface area contributed by atoms with E-state index in [1.54, 1.807) is 28.4 Å². The van der Waals surface area contributed by atoms with E-state index >= 15 is 0 Å². The van der Waals surface area contributed by atoms with Gasteiger partial charge in [-0.3, -0.25) is 9.69 Å². The van der Waals surface area contributed by atoms with Crippen molar-refractivity contribution in [1.82, 2.24) is 4.98 Å². The van der Waals surface area contributed by atoms with Crippen LogP contribution in [0, 0.1) is 13.8 Å². The molecular formula is C29H24N2O2S. The van der Waals surface area contributed by atoms with Gasteiger partial charge >= 0.3 is 0 Å². The number of hydrogen-bond acceptors (Lipinski definition) is 4.